The predicted molar refractivity (Wildman–Crippen MR) is 138 cm³/mol. The lowest BCUT2D eigenvalue weighted by molar-refractivity contribution is -0.127. The van der Waals surface area contributed by atoms with Gasteiger partial charge in [0.2, 0.25) is 0 Å². The lowest BCUT2D eigenvalue weighted by Gasteiger charge is -2.41. The fraction of sp³-hybridized carbons (Fsp3) is 0.393. The van der Waals surface area contributed by atoms with Crippen LogP contribution in [0.1, 0.15) is 59.1 Å². The van der Waals surface area contributed by atoms with E-state index in [1.165, 1.54) is 18.1 Å². The fourth-order valence-corrected chi connectivity index (χ4v) is 6.17. The third-order valence-electron chi connectivity index (χ3n) is 7.79. The molecule has 3 unspecified atom stereocenters. The van der Waals surface area contributed by atoms with E-state index in [1.807, 2.05) is 12.1 Å². The molecule has 1 fully saturated rings. The average Bonchev–Trinajstić information content (AvgIpc) is 3.22. The van der Waals surface area contributed by atoms with Gasteiger partial charge in [-0.25, -0.2) is 0 Å². The number of allylic oxidation sites excluding steroid dienone is 7. The number of phenols is 1. The van der Waals surface area contributed by atoms with Crippen LogP contribution in [0, 0.1) is 17.8 Å². The second-order valence-electron chi connectivity index (χ2n) is 9.87. The topological polar surface area (TPSA) is 175 Å². The number of rotatable bonds is 4. The van der Waals surface area contributed by atoms with Gasteiger partial charge in [0.15, 0.2) is 17.3 Å². The van der Waals surface area contributed by atoms with Crippen molar-refractivity contribution in [3.63, 3.8) is 0 Å². The molecule has 1 saturated carbocycles. The van der Waals surface area contributed by atoms with Gasteiger partial charge in [0.1, 0.15) is 17.3 Å². The Balaban J connectivity index is 0.00000180. The molecule has 0 heterocycles. The average molecular weight is 501 g/mol. The van der Waals surface area contributed by atoms with Crippen molar-refractivity contribution in [3.05, 3.63) is 69.0 Å². The second kappa shape index (κ2) is 9.87. The zero-order chi connectivity index (χ0) is 24.3. The first kappa shape index (κ1) is 27.1. The third-order valence-corrected chi connectivity index (χ3v) is 7.79. The Labute approximate surface area is 211 Å². The minimum atomic E-state index is -1.01. The molecule has 7 N–H and O–H groups in total. The van der Waals surface area contributed by atoms with Crippen LogP contribution in [0.3, 0.4) is 0 Å². The van der Waals surface area contributed by atoms with Gasteiger partial charge in [-0.2, -0.15) is 0 Å². The van der Waals surface area contributed by atoms with Crippen LogP contribution in [0.2, 0.25) is 0 Å². The van der Waals surface area contributed by atoms with Gasteiger partial charge in [-0.15, -0.1) is 0 Å². The zero-order valence-corrected chi connectivity index (χ0v) is 20.4. The summed E-state index contributed by atoms with van der Waals surface area (Å²) in [5.74, 6) is -3.95. The first-order chi connectivity index (χ1) is 16.2. The van der Waals surface area contributed by atoms with Crippen molar-refractivity contribution in [2.24, 2.45) is 17.8 Å². The molecule has 4 aliphatic rings. The number of carbonyl (C=O) groups excluding carboxylic acids is 3. The SMILES string of the molecule is CCC1=CCC(Cc2ccc3c(c2O)C(O)=C2C(=O)C4C(O)=C(C(C)=O)C(=O)CC4CC2C3)=C1.O.O.[HH].[HH]. The van der Waals surface area contributed by atoms with Crippen LogP contribution in [0.25, 0.3) is 5.76 Å². The van der Waals surface area contributed by atoms with Crippen LogP contribution < -0.4 is 0 Å². The first-order valence-corrected chi connectivity index (χ1v) is 11.9. The van der Waals surface area contributed by atoms with Crippen molar-refractivity contribution in [2.75, 3.05) is 0 Å². The molecule has 196 valence electrons. The fourth-order valence-electron chi connectivity index (χ4n) is 6.17. The summed E-state index contributed by atoms with van der Waals surface area (Å²) in [6.45, 7) is 3.30. The standard InChI is InChI=1S/C28H28O6.2H2O.2H2/c1-3-14-4-5-15(8-14)9-17-7-6-16-10-18-11-19-12-20(30)21(13(2)29)26(32)24(19)28(34)23(18)27(33)22(16)25(17)31;;;;/h4,6-8,18-19,24,31-33H,3,5,9-12H2,1-2H3;2*1H2;2*1H. The maximum atomic E-state index is 13.5. The Bertz CT molecular complexity index is 1290. The van der Waals surface area contributed by atoms with Crippen LogP contribution in [-0.4, -0.2) is 43.6 Å². The summed E-state index contributed by atoms with van der Waals surface area (Å²) in [7, 11) is 0. The van der Waals surface area contributed by atoms with Crippen LogP contribution in [0.15, 0.2) is 52.3 Å². The molecule has 1 aromatic rings. The summed E-state index contributed by atoms with van der Waals surface area (Å²) in [5, 5.41) is 33.0. The van der Waals surface area contributed by atoms with Crippen molar-refractivity contribution in [1.82, 2.24) is 0 Å². The molecular formula is C28H36O8. The molecule has 0 radical (unpaired) electrons. The highest BCUT2D eigenvalue weighted by molar-refractivity contribution is 6.21. The van der Waals surface area contributed by atoms with Crippen molar-refractivity contribution in [2.45, 2.75) is 52.4 Å². The summed E-state index contributed by atoms with van der Waals surface area (Å²) in [5.41, 5.74) is 4.05. The van der Waals surface area contributed by atoms with E-state index >= 15 is 0 Å². The number of aliphatic hydroxyl groups excluding tert-OH is 2. The normalized spacial score (nSPS) is 24.7. The monoisotopic (exact) mass is 500 g/mol. The summed E-state index contributed by atoms with van der Waals surface area (Å²) in [6, 6.07) is 3.78. The number of benzene rings is 1. The van der Waals surface area contributed by atoms with Gasteiger partial charge < -0.3 is 26.3 Å². The maximum absolute atomic E-state index is 13.5. The molecule has 0 spiro atoms. The maximum Gasteiger partial charge on any atom is 0.173 e. The molecule has 5 rings (SSSR count). The molecule has 1 aromatic carbocycles. The molecule has 0 aromatic heterocycles. The molecule has 0 amide bonds. The minimum Gasteiger partial charge on any atom is -0.511 e. The van der Waals surface area contributed by atoms with E-state index in [9.17, 15) is 29.7 Å². The van der Waals surface area contributed by atoms with Gasteiger partial charge in [-0.1, -0.05) is 42.4 Å². The Hall–Kier alpha value is -3.49. The molecule has 8 heteroatoms. The highest BCUT2D eigenvalue weighted by atomic mass is 16.3. The summed E-state index contributed by atoms with van der Waals surface area (Å²) >= 11 is 0. The van der Waals surface area contributed by atoms with Crippen molar-refractivity contribution >= 4 is 23.1 Å². The van der Waals surface area contributed by atoms with Crippen LogP contribution >= 0.6 is 0 Å². The molecule has 4 aliphatic carbocycles. The number of Topliss-reactive ketones (excluding diaryl/α,β-unsaturated/α-hetero) is 3. The van der Waals surface area contributed by atoms with Gasteiger partial charge in [-0.3, -0.25) is 14.4 Å². The number of aromatic hydroxyl groups is 1. The first-order valence-electron chi connectivity index (χ1n) is 11.9. The molecule has 3 atom stereocenters. The Morgan fingerprint density at radius 2 is 1.83 bits per heavy atom. The molecule has 36 heavy (non-hydrogen) atoms. The predicted octanol–water partition coefficient (Wildman–Crippen LogP) is 3.46. The summed E-state index contributed by atoms with van der Waals surface area (Å²) in [4.78, 5) is 37.9. The number of carbonyl (C=O) groups is 3. The van der Waals surface area contributed by atoms with E-state index in [4.69, 9.17) is 0 Å². The number of fused-ring (bicyclic) bond motifs is 3. The quantitative estimate of drug-likeness (QED) is 0.533. The highest BCUT2D eigenvalue weighted by Gasteiger charge is 2.50. The van der Waals surface area contributed by atoms with E-state index in [0.717, 1.165) is 18.4 Å². The van der Waals surface area contributed by atoms with E-state index < -0.39 is 34.9 Å². The van der Waals surface area contributed by atoms with Gasteiger partial charge in [-0.05, 0) is 62.0 Å². The lowest BCUT2D eigenvalue weighted by atomic mass is 9.61. The Kier molecular flexibility index (Phi) is 7.43. The molecule has 8 nitrogen and oxygen atoms in total. The highest BCUT2D eigenvalue weighted by Crippen LogP contribution is 2.50. The number of phenolic OH excluding ortho intramolecular Hbond substituents is 1. The van der Waals surface area contributed by atoms with Gasteiger partial charge in [0, 0.05) is 14.8 Å². The van der Waals surface area contributed by atoms with Crippen molar-refractivity contribution in [3.8, 4) is 5.75 Å². The molecule has 0 saturated heterocycles. The van der Waals surface area contributed by atoms with Gasteiger partial charge >= 0.3 is 0 Å². The largest absolute Gasteiger partial charge is 0.511 e. The van der Waals surface area contributed by atoms with E-state index in [0.29, 0.717) is 24.8 Å². The lowest BCUT2D eigenvalue weighted by Crippen LogP contribution is -2.43. The zero-order valence-electron chi connectivity index (χ0n) is 20.4. The Morgan fingerprint density at radius 3 is 2.47 bits per heavy atom. The van der Waals surface area contributed by atoms with Crippen LogP contribution in [-0.2, 0) is 27.2 Å². The van der Waals surface area contributed by atoms with Gasteiger partial charge in [0.05, 0.1) is 17.1 Å². The molecule has 0 aliphatic heterocycles. The van der Waals surface area contributed by atoms with Crippen LogP contribution in [0.4, 0.5) is 0 Å². The van der Waals surface area contributed by atoms with Crippen molar-refractivity contribution < 1.29 is 43.5 Å². The molecular weight excluding hydrogens is 464 g/mol. The minimum absolute atomic E-state index is 0. The Morgan fingerprint density at radius 1 is 1.11 bits per heavy atom. The summed E-state index contributed by atoms with van der Waals surface area (Å²) in [6.07, 6.45) is 7.59. The van der Waals surface area contributed by atoms with E-state index in [2.05, 4.69) is 19.1 Å². The number of ketones is 3. The number of hydrogen-bond acceptors (Lipinski definition) is 6. The molecule has 0 bridgehead atoms. The van der Waals surface area contributed by atoms with E-state index in [1.54, 1.807) is 0 Å². The van der Waals surface area contributed by atoms with Crippen molar-refractivity contribution in [1.29, 1.82) is 0 Å². The summed E-state index contributed by atoms with van der Waals surface area (Å²) < 4.78 is 0. The number of aliphatic hydroxyl groups is 2. The van der Waals surface area contributed by atoms with E-state index in [-0.39, 0.29) is 54.4 Å². The number of hydrogen-bond donors (Lipinski definition) is 3. The second-order valence-corrected chi connectivity index (χ2v) is 9.87. The van der Waals surface area contributed by atoms with Gasteiger partial charge in [0.25, 0.3) is 0 Å². The van der Waals surface area contributed by atoms with Crippen LogP contribution in [0.5, 0.6) is 5.75 Å². The third kappa shape index (κ3) is 4.10. The smallest absolute Gasteiger partial charge is 0.173 e.